The van der Waals surface area contributed by atoms with Crippen LogP contribution >= 0.6 is 0 Å². The molecule has 0 atom stereocenters. The number of carbonyl (C=O) groups excluding carboxylic acids is 1. The van der Waals surface area contributed by atoms with Gasteiger partial charge >= 0.3 is 14.9 Å². The lowest BCUT2D eigenvalue weighted by molar-refractivity contribution is -0.910. The van der Waals surface area contributed by atoms with E-state index >= 15 is 0 Å². The van der Waals surface area contributed by atoms with E-state index in [9.17, 15) is 4.79 Å². The van der Waals surface area contributed by atoms with Crippen molar-refractivity contribution in [1.82, 2.24) is 5.32 Å². The van der Waals surface area contributed by atoms with Crippen molar-refractivity contribution < 1.29 is 27.3 Å². The molecule has 8 heteroatoms. The van der Waals surface area contributed by atoms with E-state index in [2.05, 4.69) is 26.2 Å². The second-order valence-electron chi connectivity index (χ2n) is 16.1. The van der Waals surface area contributed by atoms with Crippen molar-refractivity contribution in [2.75, 3.05) is 59.7 Å². The van der Waals surface area contributed by atoms with E-state index in [0.29, 0.717) is 39.0 Å². The highest BCUT2D eigenvalue weighted by Gasteiger charge is 2.39. The summed E-state index contributed by atoms with van der Waals surface area (Å²) in [7, 11) is -0.291. The first-order valence-corrected chi connectivity index (χ1v) is 25.5. The average molecular weight is 772 g/mol. The number of quaternary nitrogens is 1. The molecule has 0 aliphatic rings. The van der Waals surface area contributed by atoms with Gasteiger partial charge in [0.1, 0.15) is 13.2 Å². The first-order chi connectivity index (χ1) is 25.9. The quantitative estimate of drug-likeness (QED) is 0.0380. The van der Waals surface area contributed by atoms with Crippen molar-refractivity contribution in [3.05, 3.63) is 0 Å². The van der Waals surface area contributed by atoms with Crippen LogP contribution in [-0.4, -0.2) is 79.0 Å². The Balaban J connectivity index is 4.46. The first kappa shape index (κ1) is 52.3. The molecular formula is C45H95N2O5Si+. The van der Waals surface area contributed by atoms with Crippen molar-refractivity contribution in [3.8, 4) is 0 Å². The molecule has 53 heavy (non-hydrogen) atoms. The highest BCUT2D eigenvalue weighted by Crippen LogP contribution is 2.19. The van der Waals surface area contributed by atoms with Crippen LogP contribution in [-0.2, 0) is 18.0 Å². The molecule has 0 aromatic carbocycles. The molecule has 0 saturated heterocycles. The summed E-state index contributed by atoms with van der Waals surface area (Å²) in [5, 5.41) is 2.95. The van der Waals surface area contributed by atoms with Gasteiger partial charge in [-0.3, -0.25) is 0 Å². The van der Waals surface area contributed by atoms with Gasteiger partial charge in [-0.05, 0) is 52.9 Å². The Kier molecular flexibility index (Phi) is 39.1. The van der Waals surface area contributed by atoms with Crippen LogP contribution < -0.4 is 5.32 Å². The number of carbonyl (C=O) groups is 1. The van der Waals surface area contributed by atoms with Gasteiger partial charge in [-0.2, -0.15) is 0 Å². The molecule has 0 spiro atoms. The number of unbranched alkanes of at least 4 members (excludes halogenated alkanes) is 26. The third kappa shape index (κ3) is 34.3. The summed E-state index contributed by atoms with van der Waals surface area (Å²) in [6, 6.07) is 0.691. The maximum absolute atomic E-state index is 12.6. The molecule has 0 unspecified atom stereocenters. The van der Waals surface area contributed by atoms with Gasteiger partial charge < -0.3 is 27.8 Å². The molecule has 0 aliphatic heterocycles. The Hall–Kier alpha value is -0.673. The molecule has 0 heterocycles. The average Bonchev–Trinajstić information content (AvgIpc) is 3.14. The van der Waals surface area contributed by atoms with Crippen LogP contribution in [0.1, 0.15) is 221 Å². The molecule has 1 N–H and O–H groups in total. The molecule has 0 rings (SSSR count). The molecule has 0 saturated carbocycles. The van der Waals surface area contributed by atoms with E-state index in [4.69, 9.17) is 18.0 Å². The minimum Gasteiger partial charge on any atom is -0.444 e. The molecule has 0 aliphatic carbocycles. The Bertz CT molecular complexity index is 709. The number of alkyl carbamates (subject to hydrolysis) is 1. The van der Waals surface area contributed by atoms with Gasteiger partial charge in [-0.1, -0.05) is 168 Å². The number of ether oxygens (including phenoxy) is 1. The summed E-state index contributed by atoms with van der Waals surface area (Å²) in [6.45, 7) is 16.5. The summed E-state index contributed by atoms with van der Waals surface area (Å²) >= 11 is 0. The van der Waals surface area contributed by atoms with Crippen LogP contribution in [0.4, 0.5) is 4.79 Å². The lowest BCUT2D eigenvalue weighted by Gasteiger charge is -2.34. The van der Waals surface area contributed by atoms with Gasteiger partial charge in [0.05, 0.1) is 20.1 Å². The third-order valence-corrected chi connectivity index (χ3v) is 14.1. The highest BCUT2D eigenvalue weighted by atomic mass is 28.4. The smallest absolute Gasteiger partial charge is 0.444 e. The van der Waals surface area contributed by atoms with E-state index in [1.165, 1.54) is 193 Å². The summed E-state index contributed by atoms with van der Waals surface area (Å²) < 4.78 is 24.6. The fourth-order valence-electron chi connectivity index (χ4n) is 7.62. The minimum atomic E-state index is -2.68. The maximum atomic E-state index is 12.6. The zero-order valence-corrected chi connectivity index (χ0v) is 37.9. The summed E-state index contributed by atoms with van der Waals surface area (Å²) in [5.41, 5.74) is 0. The summed E-state index contributed by atoms with van der Waals surface area (Å²) in [6.07, 6.45) is 39.4. The monoisotopic (exact) mass is 772 g/mol. The SMILES string of the molecule is CCCCCCCCCCCCCCCC[N+](C)(CCCCCCCCCCCCCCCC)CCOC(=O)NCCC[Si](OCC)(OCC)OCC. The molecule has 0 aromatic heterocycles. The first-order valence-electron chi connectivity index (χ1n) is 23.6. The van der Waals surface area contributed by atoms with E-state index in [1.807, 2.05) is 20.8 Å². The molecular weight excluding hydrogens is 677 g/mol. The predicted molar refractivity (Wildman–Crippen MR) is 231 cm³/mol. The second kappa shape index (κ2) is 39.6. The lowest BCUT2D eigenvalue weighted by atomic mass is 10.0. The number of nitrogens with zero attached hydrogens (tertiary/aromatic N) is 1. The number of likely N-dealkylation sites (N-methyl/N-ethyl adjacent to an activating group) is 1. The Morgan fingerprint density at radius 2 is 0.774 bits per heavy atom. The second-order valence-corrected chi connectivity index (χ2v) is 18.9. The van der Waals surface area contributed by atoms with Crippen LogP contribution in [0.25, 0.3) is 0 Å². The van der Waals surface area contributed by atoms with Gasteiger partial charge in [0, 0.05) is 32.4 Å². The minimum absolute atomic E-state index is 0.318. The van der Waals surface area contributed by atoms with E-state index in [0.717, 1.165) is 17.4 Å². The van der Waals surface area contributed by atoms with Crippen molar-refractivity contribution in [2.45, 2.75) is 227 Å². The van der Waals surface area contributed by atoms with Crippen molar-refractivity contribution >= 4 is 14.9 Å². The number of hydrogen-bond acceptors (Lipinski definition) is 5. The summed E-state index contributed by atoms with van der Waals surface area (Å²) in [5.74, 6) is 0. The maximum Gasteiger partial charge on any atom is 0.500 e. The van der Waals surface area contributed by atoms with Crippen molar-refractivity contribution in [1.29, 1.82) is 0 Å². The Labute approximate surface area is 333 Å². The Morgan fingerprint density at radius 1 is 0.453 bits per heavy atom. The summed E-state index contributed by atoms with van der Waals surface area (Å²) in [4.78, 5) is 12.6. The zero-order chi connectivity index (χ0) is 39.0. The van der Waals surface area contributed by atoms with Crippen LogP contribution in [0.2, 0.25) is 6.04 Å². The third-order valence-electron chi connectivity index (χ3n) is 11.0. The fraction of sp³-hybridized carbons (Fsp3) is 0.978. The molecule has 0 radical (unpaired) electrons. The van der Waals surface area contributed by atoms with E-state index < -0.39 is 8.80 Å². The van der Waals surface area contributed by atoms with Gasteiger partial charge in [-0.25, -0.2) is 4.79 Å². The fourth-order valence-corrected chi connectivity index (χ4v) is 10.2. The van der Waals surface area contributed by atoms with Gasteiger partial charge in [0.2, 0.25) is 0 Å². The molecule has 318 valence electrons. The number of hydrogen-bond donors (Lipinski definition) is 1. The normalized spacial score (nSPS) is 12.1. The van der Waals surface area contributed by atoms with Crippen LogP contribution in [0.15, 0.2) is 0 Å². The van der Waals surface area contributed by atoms with Crippen molar-refractivity contribution in [2.24, 2.45) is 0 Å². The van der Waals surface area contributed by atoms with E-state index in [1.54, 1.807) is 0 Å². The molecule has 0 aromatic rings. The topological polar surface area (TPSA) is 66.0 Å². The predicted octanol–water partition coefficient (Wildman–Crippen LogP) is 13.6. The number of amides is 1. The Morgan fingerprint density at radius 3 is 1.09 bits per heavy atom. The molecule has 0 fully saturated rings. The van der Waals surface area contributed by atoms with Gasteiger partial charge in [0.15, 0.2) is 0 Å². The van der Waals surface area contributed by atoms with Crippen LogP contribution in [0, 0.1) is 0 Å². The zero-order valence-electron chi connectivity index (χ0n) is 36.9. The van der Waals surface area contributed by atoms with E-state index in [-0.39, 0.29) is 6.09 Å². The molecule has 0 bridgehead atoms. The number of rotatable bonds is 43. The van der Waals surface area contributed by atoms with Crippen LogP contribution in [0.3, 0.4) is 0 Å². The molecule has 1 amide bonds. The lowest BCUT2D eigenvalue weighted by Crippen LogP contribution is -2.48. The highest BCUT2D eigenvalue weighted by molar-refractivity contribution is 6.60. The molecule has 7 nitrogen and oxygen atoms in total. The number of nitrogens with one attached hydrogen (secondary N) is 1. The largest absolute Gasteiger partial charge is 0.500 e. The van der Waals surface area contributed by atoms with Crippen molar-refractivity contribution in [3.63, 3.8) is 0 Å². The van der Waals surface area contributed by atoms with Gasteiger partial charge in [-0.15, -0.1) is 0 Å². The van der Waals surface area contributed by atoms with Gasteiger partial charge in [0.25, 0.3) is 0 Å². The van der Waals surface area contributed by atoms with Crippen LogP contribution in [0.5, 0.6) is 0 Å². The standard InChI is InChI=1S/C45H94N2O5Si/c1-7-12-14-16-18-20-22-24-26-28-30-32-34-36-40-47(6,41-37-35-33-31-29-27-25-23-21-19-17-15-13-8-2)42-43-49-45(48)46-39-38-44-53(50-9-3,51-10-4)52-11-5/h7-44H2,1-6H3/p+1.